The van der Waals surface area contributed by atoms with Crippen molar-refractivity contribution in [2.24, 2.45) is 11.3 Å². The van der Waals surface area contributed by atoms with Gasteiger partial charge in [-0.1, -0.05) is 19.3 Å². The third-order valence-electron chi connectivity index (χ3n) is 3.74. The lowest BCUT2D eigenvalue weighted by Gasteiger charge is -2.22. The molecule has 1 atom stereocenters. The molecule has 68 valence electrons. The van der Waals surface area contributed by atoms with Crippen molar-refractivity contribution in [2.75, 3.05) is 0 Å². The van der Waals surface area contributed by atoms with Gasteiger partial charge >= 0.3 is 0 Å². The third-order valence-corrected chi connectivity index (χ3v) is 3.74. The van der Waals surface area contributed by atoms with Crippen LogP contribution in [-0.4, -0.2) is 5.78 Å². The van der Waals surface area contributed by atoms with Crippen LogP contribution in [0, 0.1) is 11.3 Å². The Morgan fingerprint density at radius 3 is 2.58 bits per heavy atom. The molecule has 1 heteroatoms. The Morgan fingerprint density at radius 1 is 1.33 bits per heavy atom. The predicted octanol–water partition coefficient (Wildman–Crippen LogP) is 2.94. The van der Waals surface area contributed by atoms with Gasteiger partial charge in [0.05, 0.1) is 0 Å². The summed E-state index contributed by atoms with van der Waals surface area (Å²) in [5, 5.41) is 0. The fraction of sp³-hybridized carbons (Fsp3) is 0.909. The lowest BCUT2D eigenvalue weighted by atomic mass is 9.84. The molecule has 2 rings (SSSR count). The molecule has 2 saturated carbocycles. The molecule has 2 aliphatic carbocycles. The average Bonchev–Trinajstić information content (AvgIpc) is 2.63. The van der Waals surface area contributed by atoms with E-state index in [1.807, 2.05) is 0 Å². The van der Waals surface area contributed by atoms with Crippen LogP contribution < -0.4 is 0 Å². The van der Waals surface area contributed by atoms with Gasteiger partial charge in [0, 0.05) is 6.42 Å². The minimum Gasteiger partial charge on any atom is -0.300 e. The summed E-state index contributed by atoms with van der Waals surface area (Å²) in [5.41, 5.74) is 0.657. The van der Waals surface area contributed by atoms with Crippen molar-refractivity contribution in [3.8, 4) is 0 Å². The summed E-state index contributed by atoms with van der Waals surface area (Å²) in [5.74, 6) is 1.16. The van der Waals surface area contributed by atoms with Crippen LogP contribution >= 0.6 is 0 Å². The maximum Gasteiger partial charge on any atom is 0.130 e. The van der Waals surface area contributed by atoms with Crippen molar-refractivity contribution >= 4 is 5.78 Å². The average molecular weight is 166 g/mol. The van der Waals surface area contributed by atoms with Gasteiger partial charge in [-0.25, -0.2) is 0 Å². The smallest absolute Gasteiger partial charge is 0.130 e. The van der Waals surface area contributed by atoms with Gasteiger partial charge in [-0.15, -0.1) is 0 Å². The Balaban J connectivity index is 1.86. The number of carbonyl (C=O) groups excluding carboxylic acids is 1. The van der Waals surface area contributed by atoms with Crippen LogP contribution in [0.2, 0.25) is 0 Å². The van der Waals surface area contributed by atoms with E-state index >= 15 is 0 Å². The molecule has 0 aliphatic heterocycles. The van der Waals surface area contributed by atoms with E-state index in [1.54, 1.807) is 6.92 Å². The maximum atomic E-state index is 10.9. The summed E-state index contributed by atoms with van der Waals surface area (Å²) >= 11 is 0. The van der Waals surface area contributed by atoms with Gasteiger partial charge in [0.25, 0.3) is 0 Å². The van der Waals surface area contributed by atoms with Gasteiger partial charge in [-0.2, -0.15) is 0 Å². The Morgan fingerprint density at radius 2 is 2.00 bits per heavy atom. The van der Waals surface area contributed by atoms with Gasteiger partial charge in [0.2, 0.25) is 0 Å². The van der Waals surface area contributed by atoms with E-state index < -0.39 is 0 Å². The number of carbonyl (C=O) groups is 1. The minimum atomic E-state index is 0.391. The zero-order valence-corrected chi connectivity index (χ0v) is 7.94. The molecule has 0 heterocycles. The summed E-state index contributed by atoms with van der Waals surface area (Å²) in [6, 6.07) is 0. The molecule has 0 saturated heterocycles. The summed E-state index contributed by atoms with van der Waals surface area (Å²) in [4.78, 5) is 10.9. The van der Waals surface area contributed by atoms with Crippen LogP contribution in [0.1, 0.15) is 51.9 Å². The van der Waals surface area contributed by atoms with E-state index in [2.05, 4.69) is 0 Å². The number of rotatable bonds is 2. The van der Waals surface area contributed by atoms with Gasteiger partial charge in [-0.05, 0) is 37.5 Å². The lowest BCUT2D eigenvalue weighted by Crippen LogP contribution is -2.10. The van der Waals surface area contributed by atoms with Gasteiger partial charge in [0.15, 0.2) is 0 Å². The number of hydrogen-bond donors (Lipinski definition) is 0. The second-order valence-electron chi connectivity index (χ2n) is 4.73. The quantitative estimate of drug-likeness (QED) is 0.616. The highest BCUT2D eigenvalue weighted by Gasteiger charge is 2.53. The molecule has 0 aromatic rings. The zero-order valence-electron chi connectivity index (χ0n) is 7.94. The first-order chi connectivity index (χ1) is 5.73. The van der Waals surface area contributed by atoms with Crippen LogP contribution in [0.3, 0.4) is 0 Å². The predicted molar refractivity (Wildman–Crippen MR) is 48.9 cm³/mol. The van der Waals surface area contributed by atoms with Crippen molar-refractivity contribution in [3.63, 3.8) is 0 Å². The summed E-state index contributed by atoms with van der Waals surface area (Å²) < 4.78 is 0. The van der Waals surface area contributed by atoms with E-state index in [4.69, 9.17) is 0 Å². The Hall–Kier alpha value is -0.330. The SMILES string of the molecule is CC(=O)CC1CC12CCCCC2. The molecule has 0 amide bonds. The molecular formula is C11H18O. The highest BCUT2D eigenvalue weighted by molar-refractivity contribution is 5.76. The van der Waals surface area contributed by atoms with Crippen LogP contribution in [0.4, 0.5) is 0 Å². The summed E-state index contributed by atoms with van der Waals surface area (Å²) in [6.45, 7) is 1.73. The van der Waals surface area contributed by atoms with Crippen LogP contribution in [-0.2, 0) is 4.79 Å². The largest absolute Gasteiger partial charge is 0.300 e. The van der Waals surface area contributed by atoms with Crippen molar-refractivity contribution < 1.29 is 4.79 Å². The first kappa shape index (κ1) is 8.28. The summed E-state index contributed by atoms with van der Waals surface area (Å²) in [6.07, 6.45) is 9.28. The van der Waals surface area contributed by atoms with E-state index in [0.29, 0.717) is 11.2 Å². The highest BCUT2D eigenvalue weighted by Crippen LogP contribution is 2.62. The van der Waals surface area contributed by atoms with Crippen LogP contribution in [0.15, 0.2) is 0 Å². The minimum absolute atomic E-state index is 0.391. The van der Waals surface area contributed by atoms with Crippen LogP contribution in [0.5, 0.6) is 0 Å². The standard InChI is InChI=1S/C11H18O/c1-9(12)7-10-8-11(10)5-3-2-4-6-11/h10H,2-8H2,1H3. The fourth-order valence-electron chi connectivity index (χ4n) is 2.94. The molecule has 1 spiro atoms. The highest BCUT2D eigenvalue weighted by atomic mass is 16.1. The Bertz CT molecular complexity index is 189. The van der Waals surface area contributed by atoms with Gasteiger partial charge < -0.3 is 4.79 Å². The van der Waals surface area contributed by atoms with E-state index in [0.717, 1.165) is 12.3 Å². The normalized spacial score (nSPS) is 31.9. The number of ketones is 1. The van der Waals surface area contributed by atoms with E-state index in [9.17, 15) is 4.79 Å². The maximum absolute atomic E-state index is 10.9. The lowest BCUT2D eigenvalue weighted by molar-refractivity contribution is -0.117. The zero-order chi connectivity index (χ0) is 8.60. The van der Waals surface area contributed by atoms with Gasteiger partial charge in [0.1, 0.15) is 5.78 Å². The number of Topliss-reactive ketones (excluding diaryl/α,β-unsaturated/α-hetero) is 1. The first-order valence-corrected chi connectivity index (χ1v) is 5.22. The first-order valence-electron chi connectivity index (χ1n) is 5.22. The molecule has 2 fully saturated rings. The molecular weight excluding hydrogens is 148 g/mol. The topological polar surface area (TPSA) is 17.1 Å². The second-order valence-corrected chi connectivity index (χ2v) is 4.73. The van der Waals surface area contributed by atoms with E-state index in [1.165, 1.54) is 38.5 Å². The van der Waals surface area contributed by atoms with Crippen molar-refractivity contribution in [1.82, 2.24) is 0 Å². The molecule has 0 N–H and O–H groups in total. The molecule has 1 nitrogen and oxygen atoms in total. The molecule has 0 aromatic carbocycles. The third kappa shape index (κ3) is 1.41. The molecule has 0 bridgehead atoms. The molecule has 12 heavy (non-hydrogen) atoms. The molecule has 2 aliphatic rings. The Kier molecular flexibility index (Phi) is 1.97. The van der Waals surface area contributed by atoms with E-state index in [-0.39, 0.29) is 0 Å². The molecule has 0 aromatic heterocycles. The van der Waals surface area contributed by atoms with Crippen molar-refractivity contribution in [1.29, 1.82) is 0 Å². The van der Waals surface area contributed by atoms with Crippen molar-refractivity contribution in [2.45, 2.75) is 51.9 Å². The second kappa shape index (κ2) is 2.86. The Labute approximate surface area is 74.5 Å². The van der Waals surface area contributed by atoms with Gasteiger partial charge in [-0.3, -0.25) is 0 Å². The fourth-order valence-corrected chi connectivity index (χ4v) is 2.94. The number of hydrogen-bond acceptors (Lipinski definition) is 1. The van der Waals surface area contributed by atoms with Crippen molar-refractivity contribution in [3.05, 3.63) is 0 Å². The molecule has 1 unspecified atom stereocenters. The monoisotopic (exact) mass is 166 g/mol. The van der Waals surface area contributed by atoms with Crippen LogP contribution in [0.25, 0.3) is 0 Å². The summed E-state index contributed by atoms with van der Waals surface area (Å²) in [7, 11) is 0. The molecule has 0 radical (unpaired) electrons.